The maximum absolute atomic E-state index is 11.0. The monoisotopic (exact) mass is 252 g/mol. The highest BCUT2D eigenvalue weighted by Crippen LogP contribution is 2.25. The van der Waals surface area contributed by atoms with Crippen molar-refractivity contribution >= 4 is 20.9 Å². The number of fused-ring (bicyclic) bond motifs is 1. The first-order chi connectivity index (χ1) is 7.98. The lowest BCUT2D eigenvalue weighted by atomic mass is 10.1. The van der Waals surface area contributed by atoms with Gasteiger partial charge >= 0.3 is 10.1 Å². The summed E-state index contributed by atoms with van der Waals surface area (Å²) in [4.78, 5) is 0. The molecule has 17 heavy (non-hydrogen) atoms. The molecule has 5 heteroatoms. The first kappa shape index (κ1) is 11.7. The van der Waals surface area contributed by atoms with Crippen molar-refractivity contribution in [1.29, 1.82) is 0 Å². The summed E-state index contributed by atoms with van der Waals surface area (Å²) < 4.78 is 31.9. The van der Waals surface area contributed by atoms with E-state index in [0.717, 1.165) is 22.8 Å². The first-order valence-electron chi connectivity index (χ1n) is 4.95. The second-order valence-electron chi connectivity index (χ2n) is 3.66. The Morgan fingerprint density at radius 2 is 1.47 bits per heavy atom. The van der Waals surface area contributed by atoms with E-state index in [9.17, 15) is 8.42 Å². The molecule has 0 N–H and O–H groups in total. The molecule has 0 amide bonds. The van der Waals surface area contributed by atoms with E-state index in [1.165, 1.54) is 0 Å². The molecular formula is C12H12O4S. The number of hydrogen-bond acceptors (Lipinski definition) is 4. The lowest BCUT2D eigenvalue weighted by molar-refractivity contribution is 0.415. The van der Waals surface area contributed by atoms with Gasteiger partial charge < -0.3 is 8.92 Å². The normalized spacial score (nSPS) is 11.4. The van der Waals surface area contributed by atoms with Gasteiger partial charge in [0, 0.05) is 0 Å². The van der Waals surface area contributed by atoms with E-state index in [-0.39, 0.29) is 0 Å². The topological polar surface area (TPSA) is 52.6 Å². The highest BCUT2D eigenvalue weighted by molar-refractivity contribution is 7.86. The van der Waals surface area contributed by atoms with Crippen LogP contribution in [0.5, 0.6) is 11.5 Å². The van der Waals surface area contributed by atoms with Crippen molar-refractivity contribution in [2.24, 2.45) is 0 Å². The highest BCUT2D eigenvalue weighted by Gasteiger charge is 2.05. The zero-order valence-electron chi connectivity index (χ0n) is 9.51. The molecule has 0 spiro atoms. The van der Waals surface area contributed by atoms with Crippen molar-refractivity contribution in [2.75, 3.05) is 13.4 Å². The fourth-order valence-electron chi connectivity index (χ4n) is 1.56. The van der Waals surface area contributed by atoms with Crippen LogP contribution in [0.4, 0.5) is 0 Å². The molecule has 2 aromatic carbocycles. The van der Waals surface area contributed by atoms with Gasteiger partial charge in [0.25, 0.3) is 0 Å². The predicted molar refractivity (Wildman–Crippen MR) is 66.0 cm³/mol. The van der Waals surface area contributed by atoms with Crippen molar-refractivity contribution in [3.8, 4) is 11.5 Å². The number of hydrogen-bond donors (Lipinski definition) is 0. The van der Waals surface area contributed by atoms with Crippen molar-refractivity contribution < 1.29 is 17.3 Å². The third-order valence-electron chi connectivity index (χ3n) is 2.27. The Morgan fingerprint density at radius 3 is 2.00 bits per heavy atom. The van der Waals surface area contributed by atoms with Crippen LogP contribution in [0.15, 0.2) is 36.4 Å². The highest BCUT2D eigenvalue weighted by atomic mass is 32.2. The van der Waals surface area contributed by atoms with Crippen LogP contribution in [0.1, 0.15) is 0 Å². The number of benzene rings is 2. The van der Waals surface area contributed by atoms with Crippen LogP contribution in [-0.4, -0.2) is 21.8 Å². The van der Waals surface area contributed by atoms with Gasteiger partial charge in [0.05, 0.1) is 13.4 Å². The molecule has 0 heterocycles. The smallest absolute Gasteiger partial charge is 0.306 e. The second-order valence-corrected chi connectivity index (χ2v) is 5.24. The van der Waals surface area contributed by atoms with Crippen LogP contribution in [0.25, 0.3) is 10.8 Å². The van der Waals surface area contributed by atoms with E-state index >= 15 is 0 Å². The van der Waals surface area contributed by atoms with Gasteiger partial charge in [-0.15, -0.1) is 0 Å². The van der Waals surface area contributed by atoms with Gasteiger partial charge in [0.2, 0.25) is 0 Å². The van der Waals surface area contributed by atoms with E-state index in [1.807, 2.05) is 18.2 Å². The summed E-state index contributed by atoms with van der Waals surface area (Å²) in [5.74, 6) is 1.07. The van der Waals surface area contributed by atoms with Crippen LogP contribution in [0.2, 0.25) is 0 Å². The van der Waals surface area contributed by atoms with Gasteiger partial charge in [0.15, 0.2) is 0 Å². The third kappa shape index (κ3) is 2.88. The van der Waals surface area contributed by atoms with Crippen molar-refractivity contribution in [2.45, 2.75) is 0 Å². The number of methoxy groups -OCH3 is 1. The summed E-state index contributed by atoms with van der Waals surface area (Å²) >= 11 is 0. The summed E-state index contributed by atoms with van der Waals surface area (Å²) in [6.07, 6.45) is 1.02. The average molecular weight is 252 g/mol. The van der Waals surface area contributed by atoms with Gasteiger partial charge in [-0.25, -0.2) is 0 Å². The van der Waals surface area contributed by atoms with Gasteiger partial charge in [0.1, 0.15) is 11.5 Å². The molecule has 0 saturated carbocycles. The Labute approximate surface area is 99.9 Å². The minimum Gasteiger partial charge on any atom is -0.497 e. The van der Waals surface area contributed by atoms with E-state index < -0.39 is 10.1 Å². The summed E-state index contributed by atoms with van der Waals surface area (Å²) in [5, 5.41) is 1.86. The van der Waals surface area contributed by atoms with Gasteiger partial charge in [-0.3, -0.25) is 0 Å². The third-order valence-corrected chi connectivity index (χ3v) is 2.76. The zero-order chi connectivity index (χ0) is 12.5. The summed E-state index contributed by atoms with van der Waals surface area (Å²) in [6, 6.07) is 10.6. The lowest BCUT2D eigenvalue weighted by Gasteiger charge is -2.05. The standard InChI is InChI=1S/C12H12O4S/c1-15-11-5-3-10-8-12(16-17(2,13)14)6-4-9(10)7-11/h3-8H,1-2H3. The molecule has 0 saturated heterocycles. The number of rotatable bonds is 3. The molecule has 0 aromatic heterocycles. The average Bonchev–Trinajstić information content (AvgIpc) is 2.26. The fourth-order valence-corrected chi connectivity index (χ4v) is 2.01. The van der Waals surface area contributed by atoms with Gasteiger partial charge in [-0.05, 0) is 35.0 Å². The van der Waals surface area contributed by atoms with Crippen LogP contribution in [-0.2, 0) is 10.1 Å². The van der Waals surface area contributed by atoms with E-state index in [2.05, 4.69) is 0 Å². The molecule has 0 aliphatic carbocycles. The largest absolute Gasteiger partial charge is 0.497 e. The van der Waals surface area contributed by atoms with Crippen molar-refractivity contribution in [3.63, 3.8) is 0 Å². The predicted octanol–water partition coefficient (Wildman–Crippen LogP) is 2.19. The van der Waals surface area contributed by atoms with Crippen molar-refractivity contribution in [1.82, 2.24) is 0 Å². The molecular weight excluding hydrogens is 240 g/mol. The second kappa shape index (κ2) is 4.25. The van der Waals surface area contributed by atoms with Crippen molar-refractivity contribution in [3.05, 3.63) is 36.4 Å². The van der Waals surface area contributed by atoms with E-state index in [4.69, 9.17) is 8.92 Å². The van der Waals surface area contributed by atoms with E-state index in [0.29, 0.717) is 5.75 Å². The van der Waals surface area contributed by atoms with Crippen LogP contribution in [0, 0.1) is 0 Å². The fraction of sp³-hybridized carbons (Fsp3) is 0.167. The Balaban J connectivity index is 2.45. The summed E-state index contributed by atoms with van der Waals surface area (Å²) in [7, 11) is -1.88. The molecule has 0 atom stereocenters. The number of ether oxygens (including phenoxy) is 1. The minimum atomic E-state index is -3.48. The van der Waals surface area contributed by atoms with E-state index in [1.54, 1.807) is 25.3 Å². The molecule has 0 fully saturated rings. The summed E-state index contributed by atoms with van der Waals surface area (Å²) in [6.45, 7) is 0. The molecule has 0 aliphatic rings. The summed E-state index contributed by atoms with van der Waals surface area (Å²) in [5.41, 5.74) is 0. The zero-order valence-corrected chi connectivity index (χ0v) is 10.3. The molecule has 0 radical (unpaired) electrons. The Hall–Kier alpha value is -1.75. The maximum Gasteiger partial charge on any atom is 0.306 e. The Kier molecular flexibility index (Phi) is 2.93. The molecule has 0 bridgehead atoms. The van der Waals surface area contributed by atoms with Crippen LogP contribution < -0.4 is 8.92 Å². The van der Waals surface area contributed by atoms with Crippen LogP contribution >= 0.6 is 0 Å². The molecule has 90 valence electrons. The lowest BCUT2D eigenvalue weighted by Crippen LogP contribution is -2.05. The molecule has 2 rings (SSSR count). The van der Waals surface area contributed by atoms with Gasteiger partial charge in [-0.2, -0.15) is 8.42 Å². The van der Waals surface area contributed by atoms with Crippen LogP contribution in [0.3, 0.4) is 0 Å². The first-order valence-corrected chi connectivity index (χ1v) is 6.77. The quantitative estimate of drug-likeness (QED) is 0.786. The Morgan fingerprint density at radius 1 is 0.941 bits per heavy atom. The minimum absolute atomic E-state index is 0.310. The van der Waals surface area contributed by atoms with Gasteiger partial charge in [-0.1, -0.05) is 12.1 Å². The molecule has 4 nitrogen and oxygen atoms in total. The molecule has 0 unspecified atom stereocenters. The molecule has 0 aliphatic heterocycles. The Bertz CT molecular complexity index is 647. The maximum atomic E-state index is 11.0. The SMILES string of the molecule is COc1ccc2cc(OS(C)(=O)=O)ccc2c1. The molecule has 2 aromatic rings.